The van der Waals surface area contributed by atoms with E-state index in [0.29, 0.717) is 21.9 Å². The third kappa shape index (κ3) is 3.99. The van der Waals surface area contributed by atoms with Crippen molar-refractivity contribution in [3.05, 3.63) is 75.8 Å². The Morgan fingerprint density at radius 3 is 2.34 bits per heavy atom. The monoisotopic (exact) mass is 413 g/mol. The molecule has 6 nitrogen and oxygen atoms in total. The number of carbonyl (C=O) groups excluding carboxylic acids is 1. The van der Waals surface area contributed by atoms with Crippen molar-refractivity contribution < 1.29 is 14.5 Å². The maximum atomic E-state index is 11.9. The Labute approximate surface area is 175 Å². The zero-order valence-electron chi connectivity index (χ0n) is 16.6. The molecule has 0 bridgehead atoms. The molecule has 1 aliphatic carbocycles. The molecule has 2 atom stereocenters. The molecule has 4 N–H and O–H groups in total. The molecule has 2 aromatic rings. The molecule has 1 saturated carbocycles. The predicted octanol–water partition coefficient (Wildman–Crippen LogP) is 3.77. The summed E-state index contributed by atoms with van der Waals surface area (Å²) in [4.78, 5) is 22.0. The molecule has 0 aromatic heterocycles. The molecule has 0 radical (unpaired) electrons. The van der Waals surface area contributed by atoms with Gasteiger partial charge in [-0.3, -0.25) is 4.79 Å². The Kier molecular flexibility index (Phi) is 5.96. The molecule has 0 heterocycles. The number of amides is 1. The molecule has 2 unspecified atom stereocenters. The molecule has 7 heteroatoms. The Bertz CT molecular complexity index is 985. The van der Waals surface area contributed by atoms with Gasteiger partial charge in [0, 0.05) is 16.1 Å². The van der Waals surface area contributed by atoms with Crippen LogP contribution in [0.1, 0.15) is 37.0 Å². The van der Waals surface area contributed by atoms with Gasteiger partial charge in [0.1, 0.15) is 7.11 Å². The van der Waals surface area contributed by atoms with Crippen LogP contribution < -0.4 is 11.6 Å². The number of oxime groups is 1. The van der Waals surface area contributed by atoms with Gasteiger partial charge in [-0.15, -0.1) is 0 Å². The molecule has 29 heavy (non-hydrogen) atoms. The summed E-state index contributed by atoms with van der Waals surface area (Å²) in [6.07, 6.45) is 0.949. The van der Waals surface area contributed by atoms with Crippen LogP contribution in [-0.4, -0.2) is 18.7 Å². The number of hydrogen-bond donors (Lipinski definition) is 2. The van der Waals surface area contributed by atoms with E-state index in [-0.39, 0.29) is 17.0 Å². The van der Waals surface area contributed by atoms with E-state index in [1.54, 1.807) is 12.1 Å². The highest BCUT2D eigenvalue weighted by Gasteiger charge is 2.53. The molecular formula is C22H24ClN3O3. The van der Waals surface area contributed by atoms with Gasteiger partial charge in [-0.05, 0) is 47.9 Å². The number of halogens is 1. The second-order valence-corrected chi connectivity index (χ2v) is 7.78. The highest BCUT2D eigenvalue weighted by molar-refractivity contribution is 6.45. The third-order valence-corrected chi connectivity index (χ3v) is 5.83. The SMILES string of the molecule is CON=C(C(N)=O)c1ccccc1C(ON)=C(C)C1CC1(C)c1ccc(Cl)cc1. The quantitative estimate of drug-likeness (QED) is 0.410. The van der Waals surface area contributed by atoms with Crippen LogP contribution in [0, 0.1) is 5.92 Å². The van der Waals surface area contributed by atoms with Gasteiger partial charge in [-0.25, -0.2) is 0 Å². The topological polar surface area (TPSA) is 99.9 Å². The summed E-state index contributed by atoms with van der Waals surface area (Å²) in [6, 6.07) is 15.0. The molecule has 1 aliphatic rings. The lowest BCUT2D eigenvalue weighted by atomic mass is 9.91. The largest absolute Gasteiger partial charge is 0.411 e. The maximum Gasteiger partial charge on any atom is 0.271 e. The van der Waals surface area contributed by atoms with Crippen LogP contribution in [0.4, 0.5) is 0 Å². The standard InChI is InChI=1S/C22H24ClN3O3/c1-13(18-12-22(18,2)14-8-10-15(23)11-9-14)20(29-25)17-7-5-4-6-16(17)19(21(24)27)26-28-3/h4-11,18H,12,25H2,1-3H3,(H2,24,27). The number of nitrogens with zero attached hydrogens (tertiary/aromatic N) is 1. The van der Waals surface area contributed by atoms with Crippen molar-refractivity contribution in [2.75, 3.05) is 7.11 Å². The summed E-state index contributed by atoms with van der Waals surface area (Å²) >= 11 is 6.03. The molecule has 0 saturated heterocycles. The molecule has 3 rings (SSSR count). The molecule has 0 aliphatic heterocycles. The van der Waals surface area contributed by atoms with E-state index in [9.17, 15) is 4.79 Å². The van der Waals surface area contributed by atoms with Crippen molar-refractivity contribution >= 4 is 29.0 Å². The van der Waals surface area contributed by atoms with Gasteiger partial charge in [0.15, 0.2) is 11.5 Å². The highest BCUT2D eigenvalue weighted by atomic mass is 35.5. The van der Waals surface area contributed by atoms with Crippen LogP contribution >= 0.6 is 11.6 Å². The number of nitrogens with two attached hydrogens (primary N) is 2. The normalized spacial score (nSPS) is 22.0. The Hall–Kier alpha value is -2.83. The Morgan fingerprint density at radius 2 is 1.79 bits per heavy atom. The first-order chi connectivity index (χ1) is 13.8. The van der Waals surface area contributed by atoms with Gasteiger partial charge >= 0.3 is 0 Å². The number of primary amides is 1. The average molecular weight is 414 g/mol. The fourth-order valence-electron chi connectivity index (χ4n) is 3.88. The summed E-state index contributed by atoms with van der Waals surface area (Å²) in [5.41, 5.74) is 8.77. The molecule has 2 aromatic carbocycles. The van der Waals surface area contributed by atoms with Crippen LogP contribution in [0.2, 0.25) is 5.02 Å². The van der Waals surface area contributed by atoms with Gasteiger partial charge in [0.2, 0.25) is 0 Å². The molecule has 0 spiro atoms. The lowest BCUT2D eigenvalue weighted by Crippen LogP contribution is -2.26. The summed E-state index contributed by atoms with van der Waals surface area (Å²) < 4.78 is 0. The van der Waals surface area contributed by atoms with Crippen molar-refractivity contribution in [2.45, 2.75) is 25.7 Å². The summed E-state index contributed by atoms with van der Waals surface area (Å²) in [6.45, 7) is 4.19. The first kappa shape index (κ1) is 20.9. The third-order valence-electron chi connectivity index (χ3n) is 5.58. The minimum atomic E-state index is -0.703. The van der Waals surface area contributed by atoms with Crippen LogP contribution in [0.25, 0.3) is 5.76 Å². The molecule has 152 valence electrons. The lowest BCUT2D eigenvalue weighted by molar-refractivity contribution is -0.112. The van der Waals surface area contributed by atoms with Gasteiger partial charge in [0.05, 0.1) is 0 Å². The van der Waals surface area contributed by atoms with E-state index < -0.39 is 5.91 Å². The molecule has 1 amide bonds. The number of rotatable bonds is 7. The summed E-state index contributed by atoms with van der Waals surface area (Å²) in [7, 11) is 1.36. The highest BCUT2D eigenvalue weighted by Crippen LogP contribution is 2.58. The second kappa shape index (κ2) is 8.27. The Balaban J connectivity index is 2.04. The number of allylic oxidation sites excluding steroid dienone is 1. The molecular weight excluding hydrogens is 390 g/mol. The zero-order valence-corrected chi connectivity index (χ0v) is 17.4. The summed E-state index contributed by atoms with van der Waals surface area (Å²) in [5.74, 6) is 5.69. The number of hydrogen-bond acceptors (Lipinski definition) is 5. The van der Waals surface area contributed by atoms with E-state index in [4.69, 9.17) is 32.9 Å². The van der Waals surface area contributed by atoms with Crippen molar-refractivity contribution in [2.24, 2.45) is 22.7 Å². The van der Waals surface area contributed by atoms with E-state index in [1.807, 2.05) is 43.3 Å². The van der Waals surface area contributed by atoms with Crippen LogP contribution in [0.15, 0.2) is 59.3 Å². The first-order valence-electron chi connectivity index (χ1n) is 9.17. The van der Waals surface area contributed by atoms with Crippen molar-refractivity contribution in [1.82, 2.24) is 0 Å². The fraction of sp³-hybridized carbons (Fsp3) is 0.273. The van der Waals surface area contributed by atoms with E-state index >= 15 is 0 Å². The number of carbonyl (C=O) groups is 1. The Morgan fingerprint density at radius 1 is 1.17 bits per heavy atom. The smallest absolute Gasteiger partial charge is 0.271 e. The van der Waals surface area contributed by atoms with Gasteiger partial charge in [-0.1, -0.05) is 60.1 Å². The van der Waals surface area contributed by atoms with Gasteiger partial charge in [0.25, 0.3) is 5.91 Å². The predicted molar refractivity (Wildman–Crippen MR) is 114 cm³/mol. The van der Waals surface area contributed by atoms with Crippen LogP contribution in [0.3, 0.4) is 0 Å². The minimum absolute atomic E-state index is 0.00158. The lowest BCUT2D eigenvalue weighted by Gasteiger charge is -2.17. The second-order valence-electron chi connectivity index (χ2n) is 7.34. The van der Waals surface area contributed by atoms with E-state index in [0.717, 1.165) is 12.0 Å². The van der Waals surface area contributed by atoms with Crippen LogP contribution in [0.5, 0.6) is 0 Å². The van der Waals surface area contributed by atoms with Crippen molar-refractivity contribution in [1.29, 1.82) is 0 Å². The maximum absolute atomic E-state index is 11.9. The van der Waals surface area contributed by atoms with E-state index in [1.165, 1.54) is 12.7 Å². The average Bonchev–Trinajstić information content (AvgIpc) is 3.40. The first-order valence-corrected chi connectivity index (χ1v) is 9.55. The minimum Gasteiger partial charge on any atom is -0.411 e. The fourth-order valence-corrected chi connectivity index (χ4v) is 4.00. The van der Waals surface area contributed by atoms with Crippen LogP contribution in [-0.2, 0) is 19.9 Å². The van der Waals surface area contributed by atoms with Crippen molar-refractivity contribution in [3.63, 3.8) is 0 Å². The summed E-state index contributed by atoms with van der Waals surface area (Å²) in [5, 5.41) is 4.49. The molecule has 1 fully saturated rings. The van der Waals surface area contributed by atoms with E-state index in [2.05, 4.69) is 12.1 Å². The number of benzene rings is 2. The van der Waals surface area contributed by atoms with Gasteiger partial charge < -0.3 is 15.4 Å². The zero-order chi connectivity index (χ0) is 21.2. The van der Waals surface area contributed by atoms with Crippen molar-refractivity contribution in [3.8, 4) is 0 Å². The van der Waals surface area contributed by atoms with Gasteiger partial charge in [-0.2, -0.15) is 5.90 Å².